The molecule has 0 fully saturated rings. The van der Waals surface area contributed by atoms with Gasteiger partial charge in [0.2, 0.25) is 0 Å². The van der Waals surface area contributed by atoms with E-state index in [9.17, 15) is 0 Å². The molecule has 1 heteroatoms. The van der Waals surface area contributed by atoms with Crippen LogP contribution < -0.4 is 0 Å². The van der Waals surface area contributed by atoms with Gasteiger partial charge in [-0.2, -0.15) is 0 Å². The molecule has 0 aliphatic carbocycles. The number of aliphatic imine (C=N–C) groups is 1. The number of benzene rings is 3. The van der Waals surface area contributed by atoms with Gasteiger partial charge < -0.3 is 0 Å². The number of hydrogen-bond donors (Lipinski definition) is 0. The van der Waals surface area contributed by atoms with Gasteiger partial charge in [0.1, 0.15) is 0 Å². The molecule has 0 amide bonds. The molecule has 0 heterocycles. The first-order chi connectivity index (χ1) is 10.8. The summed E-state index contributed by atoms with van der Waals surface area (Å²) in [6, 6.07) is 28.6. The van der Waals surface area contributed by atoms with E-state index < -0.39 is 0 Å². The number of hydrogen-bond acceptors (Lipinski definition) is 1. The van der Waals surface area contributed by atoms with Crippen LogP contribution in [-0.2, 0) is 0 Å². The predicted molar refractivity (Wildman–Crippen MR) is 93.7 cm³/mol. The minimum Gasteiger partial charge on any atom is -0.205 e. The van der Waals surface area contributed by atoms with E-state index in [0.717, 1.165) is 28.0 Å². The van der Waals surface area contributed by atoms with Gasteiger partial charge in [0, 0.05) is 0 Å². The molecular formula is C21H17N. The Bertz CT molecular complexity index is 769. The van der Waals surface area contributed by atoms with E-state index in [-0.39, 0.29) is 0 Å². The normalized spacial score (nSPS) is 9.86. The summed E-state index contributed by atoms with van der Waals surface area (Å²) in [4.78, 5) is 4.57. The third kappa shape index (κ3) is 3.22. The Morgan fingerprint density at radius 2 is 1.18 bits per heavy atom. The minimum atomic E-state index is 0.951. The largest absolute Gasteiger partial charge is 0.205 e. The van der Waals surface area contributed by atoms with Crippen LogP contribution in [0.4, 0.5) is 5.69 Å². The molecule has 0 radical (unpaired) electrons. The van der Waals surface area contributed by atoms with Crippen molar-refractivity contribution in [2.45, 2.75) is 6.92 Å². The predicted octanol–water partition coefficient (Wildman–Crippen LogP) is 5.43. The van der Waals surface area contributed by atoms with Gasteiger partial charge in [0.25, 0.3) is 0 Å². The van der Waals surface area contributed by atoms with Gasteiger partial charge in [-0.05, 0) is 35.6 Å². The fraction of sp³-hybridized carbons (Fsp3) is 0.0476. The molecule has 0 aliphatic heterocycles. The van der Waals surface area contributed by atoms with E-state index >= 15 is 0 Å². The van der Waals surface area contributed by atoms with Gasteiger partial charge in [-0.15, -0.1) is 0 Å². The Morgan fingerprint density at radius 1 is 0.682 bits per heavy atom. The van der Waals surface area contributed by atoms with Crippen molar-refractivity contribution in [2.75, 3.05) is 0 Å². The molecule has 0 saturated heterocycles. The topological polar surface area (TPSA) is 12.4 Å². The summed E-state index contributed by atoms with van der Waals surface area (Å²) in [5, 5.41) is 0. The third-order valence-electron chi connectivity index (χ3n) is 3.53. The molecule has 106 valence electrons. The van der Waals surface area contributed by atoms with E-state index in [2.05, 4.69) is 48.1 Å². The summed E-state index contributed by atoms with van der Waals surface area (Å²) < 4.78 is 0. The lowest BCUT2D eigenvalue weighted by molar-refractivity contribution is 1.41. The standard InChI is InChI=1S/C21H17N/c1-17-10-8-9-15-21(17)22-16-20(18-11-4-2-5-12-18)19-13-6-3-7-14-19/h2-15H,1H3. The zero-order chi connectivity index (χ0) is 15.2. The molecule has 0 unspecified atom stereocenters. The Labute approximate surface area is 131 Å². The van der Waals surface area contributed by atoms with Crippen LogP contribution in [0.3, 0.4) is 0 Å². The highest BCUT2D eigenvalue weighted by Crippen LogP contribution is 2.22. The third-order valence-corrected chi connectivity index (χ3v) is 3.53. The highest BCUT2D eigenvalue weighted by Gasteiger charge is 2.03. The van der Waals surface area contributed by atoms with Crippen LogP contribution in [-0.4, -0.2) is 5.87 Å². The Kier molecular flexibility index (Phi) is 4.29. The monoisotopic (exact) mass is 283 g/mol. The molecule has 3 aromatic rings. The second-order valence-electron chi connectivity index (χ2n) is 5.12. The summed E-state index contributed by atoms with van der Waals surface area (Å²) in [5.41, 5.74) is 5.34. The molecule has 0 bridgehead atoms. The minimum absolute atomic E-state index is 0.951. The number of nitrogens with zero attached hydrogens (tertiary/aromatic N) is 1. The lowest BCUT2D eigenvalue weighted by atomic mass is 9.99. The molecule has 0 N–H and O–H groups in total. The van der Waals surface area contributed by atoms with Gasteiger partial charge in [-0.25, -0.2) is 4.99 Å². The number of aryl methyl sites for hydroxylation is 1. The Hall–Kier alpha value is -2.89. The summed E-state index contributed by atoms with van der Waals surface area (Å²) in [7, 11) is 0. The van der Waals surface area contributed by atoms with Gasteiger partial charge in [0.05, 0.1) is 11.3 Å². The van der Waals surface area contributed by atoms with Crippen molar-refractivity contribution in [3.05, 3.63) is 102 Å². The summed E-state index contributed by atoms with van der Waals surface area (Å²) >= 11 is 0. The van der Waals surface area contributed by atoms with Crippen molar-refractivity contribution in [3.63, 3.8) is 0 Å². The second kappa shape index (κ2) is 6.71. The molecule has 0 spiro atoms. The van der Waals surface area contributed by atoms with E-state index in [1.165, 1.54) is 0 Å². The van der Waals surface area contributed by atoms with Crippen molar-refractivity contribution in [1.82, 2.24) is 0 Å². The van der Waals surface area contributed by atoms with Crippen LogP contribution in [0.25, 0.3) is 5.57 Å². The lowest BCUT2D eigenvalue weighted by Gasteiger charge is -2.04. The van der Waals surface area contributed by atoms with Crippen molar-refractivity contribution >= 4 is 17.1 Å². The van der Waals surface area contributed by atoms with E-state index in [4.69, 9.17) is 0 Å². The quantitative estimate of drug-likeness (QED) is 0.568. The smallest absolute Gasteiger partial charge is 0.0759 e. The maximum Gasteiger partial charge on any atom is 0.0759 e. The molecule has 22 heavy (non-hydrogen) atoms. The summed E-state index contributed by atoms with van der Waals surface area (Å²) in [5.74, 6) is 3.25. The van der Waals surface area contributed by atoms with Crippen LogP contribution in [0.15, 0.2) is 89.9 Å². The van der Waals surface area contributed by atoms with Gasteiger partial charge in [-0.1, -0.05) is 78.9 Å². The van der Waals surface area contributed by atoms with E-state index in [1.54, 1.807) is 0 Å². The lowest BCUT2D eigenvalue weighted by Crippen LogP contribution is -1.88. The maximum atomic E-state index is 4.57. The molecule has 0 atom stereocenters. The molecule has 3 rings (SSSR count). The van der Waals surface area contributed by atoms with Gasteiger partial charge >= 0.3 is 0 Å². The maximum absolute atomic E-state index is 4.57. The Morgan fingerprint density at radius 3 is 1.73 bits per heavy atom. The highest BCUT2D eigenvalue weighted by atomic mass is 14.7. The second-order valence-corrected chi connectivity index (χ2v) is 5.12. The van der Waals surface area contributed by atoms with Crippen LogP contribution in [0.5, 0.6) is 0 Å². The van der Waals surface area contributed by atoms with Crippen LogP contribution in [0, 0.1) is 6.92 Å². The van der Waals surface area contributed by atoms with E-state index in [1.807, 2.05) is 54.6 Å². The van der Waals surface area contributed by atoms with Gasteiger partial charge in [0.15, 0.2) is 0 Å². The number of rotatable bonds is 3. The molecule has 0 aromatic heterocycles. The molecular weight excluding hydrogens is 266 g/mol. The van der Waals surface area contributed by atoms with E-state index in [0.29, 0.717) is 0 Å². The molecule has 0 saturated carbocycles. The number of para-hydroxylation sites is 1. The first kappa shape index (κ1) is 14.1. The van der Waals surface area contributed by atoms with Crippen molar-refractivity contribution in [2.24, 2.45) is 4.99 Å². The van der Waals surface area contributed by atoms with Crippen molar-refractivity contribution < 1.29 is 0 Å². The fourth-order valence-electron chi connectivity index (χ4n) is 2.31. The zero-order valence-electron chi connectivity index (χ0n) is 12.5. The first-order valence-electron chi connectivity index (χ1n) is 7.35. The fourth-order valence-corrected chi connectivity index (χ4v) is 2.31. The zero-order valence-corrected chi connectivity index (χ0v) is 12.5. The molecule has 1 nitrogen and oxygen atoms in total. The summed E-state index contributed by atoms with van der Waals surface area (Å²) in [6.45, 7) is 2.06. The molecule has 3 aromatic carbocycles. The Balaban J connectivity index is 2.14. The highest BCUT2D eigenvalue weighted by molar-refractivity contribution is 5.99. The van der Waals surface area contributed by atoms with Crippen LogP contribution in [0.2, 0.25) is 0 Å². The summed E-state index contributed by atoms with van der Waals surface area (Å²) in [6.07, 6.45) is 0. The van der Waals surface area contributed by atoms with Crippen molar-refractivity contribution in [1.29, 1.82) is 0 Å². The van der Waals surface area contributed by atoms with Crippen LogP contribution in [0.1, 0.15) is 16.7 Å². The van der Waals surface area contributed by atoms with Crippen LogP contribution >= 0.6 is 0 Å². The average Bonchev–Trinajstić information content (AvgIpc) is 2.59. The molecule has 0 aliphatic rings. The first-order valence-corrected chi connectivity index (χ1v) is 7.35. The average molecular weight is 283 g/mol. The van der Waals surface area contributed by atoms with Gasteiger partial charge in [-0.3, -0.25) is 0 Å². The SMILES string of the molecule is Cc1ccccc1N=C=C(c1ccccc1)c1ccccc1. The van der Waals surface area contributed by atoms with Crippen molar-refractivity contribution in [3.8, 4) is 0 Å².